The van der Waals surface area contributed by atoms with Crippen LogP contribution < -0.4 is 5.32 Å². The van der Waals surface area contributed by atoms with Crippen LogP contribution >= 0.6 is 27.3 Å². The number of thiazole rings is 1. The zero-order chi connectivity index (χ0) is 13.5. The molecule has 1 aromatic heterocycles. The monoisotopic (exact) mass is 351 g/mol. The number of nitrogens with zero attached hydrogens (tertiary/aromatic N) is 2. The van der Waals surface area contributed by atoms with Crippen molar-refractivity contribution in [3.63, 3.8) is 0 Å². The third-order valence-electron chi connectivity index (χ3n) is 4.50. The van der Waals surface area contributed by atoms with Gasteiger partial charge in [0.25, 0.3) is 0 Å². The zero-order valence-electron chi connectivity index (χ0n) is 11.3. The first-order valence-electron chi connectivity index (χ1n) is 7.34. The van der Waals surface area contributed by atoms with Crippen molar-refractivity contribution in [3.05, 3.63) is 22.7 Å². The van der Waals surface area contributed by atoms with Gasteiger partial charge in [-0.2, -0.15) is 0 Å². The average Bonchev–Trinajstić information content (AvgIpc) is 3.03. The van der Waals surface area contributed by atoms with Crippen molar-refractivity contribution in [2.24, 2.45) is 0 Å². The Labute approximate surface area is 131 Å². The number of hydrogen-bond donors (Lipinski definition) is 1. The highest BCUT2D eigenvalue weighted by atomic mass is 79.9. The van der Waals surface area contributed by atoms with Crippen molar-refractivity contribution < 1.29 is 0 Å². The van der Waals surface area contributed by atoms with Crippen LogP contribution in [-0.2, 0) is 0 Å². The molecular formula is C15H18BrN3S. The first kappa shape index (κ1) is 13.0. The van der Waals surface area contributed by atoms with Crippen molar-refractivity contribution in [3.8, 4) is 0 Å². The molecule has 1 N–H and O–H groups in total. The van der Waals surface area contributed by atoms with E-state index in [1.807, 2.05) is 0 Å². The van der Waals surface area contributed by atoms with Gasteiger partial charge in [0.2, 0.25) is 0 Å². The summed E-state index contributed by atoms with van der Waals surface area (Å²) in [6, 6.07) is 7.72. The summed E-state index contributed by atoms with van der Waals surface area (Å²) in [5.74, 6) is 0. The van der Waals surface area contributed by atoms with Crippen LogP contribution in [0.3, 0.4) is 0 Å². The first-order chi connectivity index (χ1) is 9.78. The van der Waals surface area contributed by atoms with Crippen LogP contribution in [0.25, 0.3) is 10.2 Å². The van der Waals surface area contributed by atoms with Crippen LogP contribution in [0.15, 0.2) is 22.7 Å². The Hall–Kier alpha value is -0.650. The lowest BCUT2D eigenvalue weighted by atomic mass is 9.98. The molecule has 2 saturated heterocycles. The van der Waals surface area contributed by atoms with Crippen molar-refractivity contribution in [1.29, 1.82) is 0 Å². The number of nitrogens with one attached hydrogen (secondary N) is 1. The van der Waals surface area contributed by atoms with E-state index in [2.05, 4.69) is 44.3 Å². The molecule has 0 spiro atoms. The standard InChI is InChI=1S/C15H18BrN3S/c16-10-3-4-14-13(8-10)18-15(20-14)17-11-5-7-19-6-1-2-12(19)9-11/h3-4,8,11-12H,1-2,5-7,9H2,(H,17,18). The molecule has 0 amide bonds. The molecule has 2 aromatic rings. The van der Waals surface area contributed by atoms with Gasteiger partial charge in [0.15, 0.2) is 5.13 Å². The van der Waals surface area contributed by atoms with Gasteiger partial charge in [0, 0.05) is 23.1 Å². The lowest BCUT2D eigenvalue weighted by Gasteiger charge is -2.35. The van der Waals surface area contributed by atoms with Gasteiger partial charge >= 0.3 is 0 Å². The Bertz CT molecular complexity index is 627. The smallest absolute Gasteiger partial charge is 0.184 e. The minimum atomic E-state index is 0.596. The Morgan fingerprint density at radius 2 is 2.25 bits per heavy atom. The number of piperidine rings is 1. The highest BCUT2D eigenvalue weighted by molar-refractivity contribution is 9.10. The summed E-state index contributed by atoms with van der Waals surface area (Å²) < 4.78 is 2.36. The summed E-state index contributed by atoms with van der Waals surface area (Å²) in [4.78, 5) is 7.38. The Balaban J connectivity index is 1.49. The van der Waals surface area contributed by atoms with Crippen LogP contribution in [0.5, 0.6) is 0 Å². The molecule has 2 fully saturated rings. The third-order valence-corrected chi connectivity index (χ3v) is 5.96. The molecule has 2 aliphatic heterocycles. The van der Waals surface area contributed by atoms with E-state index in [0.717, 1.165) is 21.2 Å². The van der Waals surface area contributed by atoms with Crippen LogP contribution in [0.1, 0.15) is 25.7 Å². The third kappa shape index (κ3) is 2.47. The summed E-state index contributed by atoms with van der Waals surface area (Å²) >= 11 is 5.28. The van der Waals surface area contributed by atoms with Gasteiger partial charge in [0.1, 0.15) is 0 Å². The fourth-order valence-electron chi connectivity index (χ4n) is 3.49. The second-order valence-electron chi connectivity index (χ2n) is 5.83. The van der Waals surface area contributed by atoms with E-state index in [-0.39, 0.29) is 0 Å². The van der Waals surface area contributed by atoms with Crippen molar-refractivity contribution in [1.82, 2.24) is 9.88 Å². The van der Waals surface area contributed by atoms with Gasteiger partial charge in [-0.05, 0) is 50.4 Å². The summed E-state index contributed by atoms with van der Waals surface area (Å²) in [6.07, 6.45) is 5.28. The number of fused-ring (bicyclic) bond motifs is 2. The van der Waals surface area contributed by atoms with E-state index in [4.69, 9.17) is 4.98 Å². The van der Waals surface area contributed by atoms with E-state index < -0.39 is 0 Å². The number of rotatable bonds is 2. The predicted octanol–water partition coefficient (Wildman–Crippen LogP) is 4.10. The van der Waals surface area contributed by atoms with E-state index in [1.54, 1.807) is 11.3 Å². The molecule has 4 rings (SSSR count). The lowest BCUT2D eigenvalue weighted by Crippen LogP contribution is -2.42. The summed E-state index contributed by atoms with van der Waals surface area (Å²) in [6.45, 7) is 2.56. The summed E-state index contributed by atoms with van der Waals surface area (Å²) in [5, 5.41) is 4.75. The second kappa shape index (κ2) is 5.28. The van der Waals surface area contributed by atoms with Crippen molar-refractivity contribution in [2.45, 2.75) is 37.8 Å². The van der Waals surface area contributed by atoms with E-state index in [9.17, 15) is 0 Å². The van der Waals surface area contributed by atoms with Crippen molar-refractivity contribution in [2.75, 3.05) is 18.4 Å². The quantitative estimate of drug-likeness (QED) is 0.882. The summed E-state index contributed by atoms with van der Waals surface area (Å²) in [7, 11) is 0. The molecule has 2 aliphatic rings. The highest BCUT2D eigenvalue weighted by Crippen LogP contribution is 2.32. The van der Waals surface area contributed by atoms with Gasteiger partial charge < -0.3 is 10.2 Å². The Morgan fingerprint density at radius 3 is 3.20 bits per heavy atom. The Kier molecular flexibility index (Phi) is 3.44. The molecule has 0 aliphatic carbocycles. The fourth-order valence-corrected chi connectivity index (χ4v) is 4.76. The Morgan fingerprint density at radius 1 is 1.30 bits per heavy atom. The van der Waals surface area contributed by atoms with E-state index in [0.29, 0.717) is 6.04 Å². The van der Waals surface area contributed by atoms with E-state index in [1.165, 1.54) is 43.5 Å². The maximum atomic E-state index is 4.72. The van der Waals surface area contributed by atoms with Gasteiger partial charge in [-0.3, -0.25) is 0 Å². The zero-order valence-corrected chi connectivity index (χ0v) is 13.7. The largest absolute Gasteiger partial charge is 0.359 e. The number of hydrogen-bond acceptors (Lipinski definition) is 4. The predicted molar refractivity (Wildman–Crippen MR) is 88.6 cm³/mol. The minimum absolute atomic E-state index is 0.596. The SMILES string of the molecule is Brc1ccc2sc(NC3CCN4CCCC4C3)nc2c1. The van der Waals surface area contributed by atoms with Crippen LogP contribution in [0, 0.1) is 0 Å². The second-order valence-corrected chi connectivity index (χ2v) is 7.78. The topological polar surface area (TPSA) is 28.2 Å². The molecule has 1 aromatic carbocycles. The minimum Gasteiger partial charge on any atom is -0.359 e. The molecule has 3 nitrogen and oxygen atoms in total. The number of anilines is 1. The highest BCUT2D eigenvalue weighted by Gasteiger charge is 2.31. The van der Waals surface area contributed by atoms with Crippen LogP contribution in [0.4, 0.5) is 5.13 Å². The molecule has 2 atom stereocenters. The van der Waals surface area contributed by atoms with Gasteiger partial charge in [-0.1, -0.05) is 27.3 Å². The molecule has 0 radical (unpaired) electrons. The maximum absolute atomic E-state index is 4.72. The number of benzene rings is 1. The van der Waals surface area contributed by atoms with Crippen LogP contribution in [0.2, 0.25) is 0 Å². The average molecular weight is 352 g/mol. The molecule has 0 saturated carbocycles. The molecule has 5 heteroatoms. The number of halogens is 1. The van der Waals surface area contributed by atoms with Gasteiger partial charge in [-0.15, -0.1) is 0 Å². The molecular weight excluding hydrogens is 334 g/mol. The molecule has 0 bridgehead atoms. The van der Waals surface area contributed by atoms with E-state index >= 15 is 0 Å². The van der Waals surface area contributed by atoms with Crippen LogP contribution in [-0.4, -0.2) is 35.1 Å². The fraction of sp³-hybridized carbons (Fsp3) is 0.533. The molecule has 2 unspecified atom stereocenters. The van der Waals surface area contributed by atoms with Crippen molar-refractivity contribution >= 4 is 42.6 Å². The lowest BCUT2D eigenvalue weighted by molar-refractivity contribution is 0.188. The molecule has 3 heterocycles. The molecule has 106 valence electrons. The molecule has 20 heavy (non-hydrogen) atoms. The normalized spacial score (nSPS) is 26.9. The first-order valence-corrected chi connectivity index (χ1v) is 8.95. The van der Waals surface area contributed by atoms with Gasteiger partial charge in [0.05, 0.1) is 10.2 Å². The van der Waals surface area contributed by atoms with Gasteiger partial charge in [-0.25, -0.2) is 4.98 Å². The summed E-state index contributed by atoms with van der Waals surface area (Å²) in [5.41, 5.74) is 1.09. The number of aromatic nitrogens is 1. The maximum Gasteiger partial charge on any atom is 0.184 e.